The summed E-state index contributed by atoms with van der Waals surface area (Å²) in [5.41, 5.74) is 0.988. The third kappa shape index (κ3) is 7.80. The first-order chi connectivity index (χ1) is 18.5. The second kappa shape index (κ2) is 13.6. The summed E-state index contributed by atoms with van der Waals surface area (Å²) in [5, 5.41) is 2.61. The Kier molecular flexibility index (Phi) is 10.5. The average Bonchev–Trinajstić information content (AvgIpc) is 2.94. The molecule has 1 N–H and O–H groups in total. The van der Waals surface area contributed by atoms with Crippen LogP contribution in [-0.4, -0.2) is 50.3 Å². The fraction of sp³-hybridized carbons (Fsp3) is 0.310. The van der Waals surface area contributed by atoms with Crippen molar-refractivity contribution >= 4 is 39.1 Å². The highest BCUT2D eigenvalue weighted by atomic mass is 35.5. The van der Waals surface area contributed by atoms with E-state index in [2.05, 4.69) is 5.32 Å². The van der Waals surface area contributed by atoms with Gasteiger partial charge in [0.25, 0.3) is 10.0 Å². The molecule has 208 valence electrons. The highest BCUT2D eigenvalue weighted by Gasteiger charge is 2.32. The van der Waals surface area contributed by atoms with E-state index in [-0.39, 0.29) is 34.1 Å². The number of nitrogens with one attached hydrogen (secondary N) is 1. The molecule has 0 spiro atoms. The first kappa shape index (κ1) is 30.1. The van der Waals surface area contributed by atoms with E-state index in [1.165, 1.54) is 23.1 Å². The molecule has 0 aliphatic rings. The SMILES string of the molecule is CC[C@@H](C)NC(=O)[C@@H](C)N(CCc1ccccc1)C(=O)CN(c1ccc(F)c(Cl)c1)S(=O)(=O)c1ccccc1. The highest BCUT2D eigenvalue weighted by molar-refractivity contribution is 7.92. The van der Waals surface area contributed by atoms with Gasteiger partial charge >= 0.3 is 0 Å². The van der Waals surface area contributed by atoms with E-state index in [0.717, 1.165) is 22.0 Å². The van der Waals surface area contributed by atoms with Crippen LogP contribution in [0.4, 0.5) is 10.1 Å². The molecule has 0 aromatic heterocycles. The Hall–Kier alpha value is -3.43. The molecule has 0 fully saturated rings. The minimum Gasteiger partial charge on any atom is -0.352 e. The fourth-order valence-corrected chi connectivity index (χ4v) is 5.53. The largest absolute Gasteiger partial charge is 0.352 e. The Bertz CT molecular complexity index is 1370. The van der Waals surface area contributed by atoms with Gasteiger partial charge in [-0.3, -0.25) is 13.9 Å². The summed E-state index contributed by atoms with van der Waals surface area (Å²) in [6, 6.07) is 19.6. The molecule has 2 amide bonds. The topological polar surface area (TPSA) is 86.8 Å². The second-order valence-corrected chi connectivity index (χ2v) is 11.5. The van der Waals surface area contributed by atoms with Crippen molar-refractivity contribution in [2.24, 2.45) is 0 Å². The molecule has 10 heteroatoms. The van der Waals surface area contributed by atoms with Gasteiger partial charge in [-0.05, 0) is 62.6 Å². The van der Waals surface area contributed by atoms with Gasteiger partial charge in [-0.1, -0.05) is 67.1 Å². The molecule has 0 unspecified atom stereocenters. The first-order valence-electron chi connectivity index (χ1n) is 12.7. The summed E-state index contributed by atoms with van der Waals surface area (Å²) in [7, 11) is -4.24. The van der Waals surface area contributed by atoms with Crippen molar-refractivity contribution in [1.29, 1.82) is 0 Å². The molecule has 3 rings (SSSR count). The lowest BCUT2D eigenvalue weighted by Crippen LogP contribution is -2.53. The van der Waals surface area contributed by atoms with E-state index in [0.29, 0.717) is 12.8 Å². The van der Waals surface area contributed by atoms with Gasteiger partial charge in [0.05, 0.1) is 15.6 Å². The van der Waals surface area contributed by atoms with Gasteiger partial charge in [-0.2, -0.15) is 0 Å². The molecule has 3 aromatic rings. The van der Waals surface area contributed by atoms with Gasteiger partial charge in [-0.15, -0.1) is 0 Å². The molecule has 3 aromatic carbocycles. The Balaban J connectivity index is 1.98. The predicted octanol–water partition coefficient (Wildman–Crippen LogP) is 5.05. The molecular weight excluding hydrogens is 541 g/mol. The summed E-state index contributed by atoms with van der Waals surface area (Å²) in [6.45, 7) is 4.99. The number of halogens is 2. The molecule has 0 bridgehead atoms. The number of benzene rings is 3. The maximum Gasteiger partial charge on any atom is 0.264 e. The zero-order valence-electron chi connectivity index (χ0n) is 22.2. The number of carbonyl (C=O) groups excluding carboxylic acids is 2. The van der Waals surface area contributed by atoms with Gasteiger partial charge in [-0.25, -0.2) is 12.8 Å². The molecule has 0 saturated heterocycles. The molecule has 2 atom stereocenters. The quantitative estimate of drug-likeness (QED) is 0.328. The van der Waals surface area contributed by atoms with Gasteiger partial charge in [0.15, 0.2) is 0 Å². The summed E-state index contributed by atoms with van der Waals surface area (Å²) in [6.07, 6.45) is 1.17. The van der Waals surface area contributed by atoms with Crippen LogP contribution in [0.1, 0.15) is 32.8 Å². The van der Waals surface area contributed by atoms with Crippen LogP contribution >= 0.6 is 11.6 Å². The number of nitrogens with zero attached hydrogens (tertiary/aromatic N) is 2. The number of amides is 2. The smallest absolute Gasteiger partial charge is 0.264 e. The van der Waals surface area contributed by atoms with Gasteiger partial charge in [0.1, 0.15) is 18.4 Å². The maximum absolute atomic E-state index is 13.9. The number of carbonyl (C=O) groups is 2. The van der Waals surface area contributed by atoms with E-state index in [1.807, 2.05) is 44.2 Å². The average molecular weight is 574 g/mol. The van der Waals surface area contributed by atoms with Gasteiger partial charge in [0.2, 0.25) is 11.8 Å². The lowest BCUT2D eigenvalue weighted by atomic mass is 10.1. The number of hydrogen-bond acceptors (Lipinski definition) is 4. The van der Waals surface area contributed by atoms with Crippen molar-refractivity contribution in [1.82, 2.24) is 10.2 Å². The summed E-state index contributed by atoms with van der Waals surface area (Å²) >= 11 is 5.98. The van der Waals surface area contributed by atoms with Crippen LogP contribution in [0.25, 0.3) is 0 Å². The van der Waals surface area contributed by atoms with Crippen molar-refractivity contribution in [3.05, 3.63) is 95.3 Å². The van der Waals surface area contributed by atoms with Crippen molar-refractivity contribution in [3.8, 4) is 0 Å². The van der Waals surface area contributed by atoms with E-state index in [4.69, 9.17) is 11.6 Å². The predicted molar refractivity (Wildman–Crippen MR) is 152 cm³/mol. The minimum absolute atomic E-state index is 0.0262. The summed E-state index contributed by atoms with van der Waals surface area (Å²) < 4.78 is 42.2. The van der Waals surface area contributed by atoms with Crippen LogP contribution in [-0.2, 0) is 26.0 Å². The van der Waals surface area contributed by atoms with Crippen LogP contribution in [0.5, 0.6) is 0 Å². The number of rotatable bonds is 12. The third-order valence-electron chi connectivity index (χ3n) is 6.45. The Morgan fingerprint density at radius 1 is 0.974 bits per heavy atom. The highest BCUT2D eigenvalue weighted by Crippen LogP contribution is 2.28. The molecule has 39 heavy (non-hydrogen) atoms. The van der Waals surface area contributed by atoms with Crippen molar-refractivity contribution in [2.45, 2.75) is 50.6 Å². The lowest BCUT2D eigenvalue weighted by molar-refractivity contribution is -0.139. The minimum atomic E-state index is -4.24. The normalized spacial score (nSPS) is 12.8. The molecule has 0 heterocycles. The number of hydrogen-bond donors (Lipinski definition) is 1. The van der Waals surface area contributed by atoms with Gasteiger partial charge < -0.3 is 10.2 Å². The Morgan fingerprint density at radius 2 is 1.59 bits per heavy atom. The molecular formula is C29H33ClFN3O4S. The lowest BCUT2D eigenvalue weighted by Gasteiger charge is -2.32. The molecule has 0 aliphatic heterocycles. The monoisotopic (exact) mass is 573 g/mol. The van der Waals surface area contributed by atoms with Crippen LogP contribution in [0.2, 0.25) is 5.02 Å². The van der Waals surface area contributed by atoms with Crippen molar-refractivity contribution in [3.63, 3.8) is 0 Å². The summed E-state index contributed by atoms with van der Waals surface area (Å²) in [4.78, 5) is 28.2. The third-order valence-corrected chi connectivity index (χ3v) is 8.53. The van der Waals surface area contributed by atoms with Crippen molar-refractivity contribution < 1.29 is 22.4 Å². The molecule has 7 nitrogen and oxygen atoms in total. The van der Waals surface area contributed by atoms with Crippen LogP contribution in [0, 0.1) is 5.82 Å². The number of anilines is 1. The van der Waals surface area contributed by atoms with Crippen LogP contribution in [0.3, 0.4) is 0 Å². The van der Waals surface area contributed by atoms with E-state index in [1.54, 1.807) is 25.1 Å². The molecule has 0 saturated carbocycles. The second-order valence-electron chi connectivity index (χ2n) is 9.24. The van der Waals surface area contributed by atoms with E-state index >= 15 is 0 Å². The first-order valence-corrected chi connectivity index (χ1v) is 14.5. The van der Waals surface area contributed by atoms with Crippen molar-refractivity contribution in [2.75, 3.05) is 17.4 Å². The Labute approximate surface area is 234 Å². The molecule has 0 aliphatic carbocycles. The van der Waals surface area contributed by atoms with Gasteiger partial charge in [0, 0.05) is 12.6 Å². The fourth-order valence-electron chi connectivity index (χ4n) is 3.92. The Morgan fingerprint density at radius 3 is 2.18 bits per heavy atom. The van der Waals surface area contributed by atoms with E-state index in [9.17, 15) is 22.4 Å². The van der Waals surface area contributed by atoms with Crippen LogP contribution in [0.15, 0.2) is 83.8 Å². The number of sulfonamides is 1. The zero-order valence-corrected chi connectivity index (χ0v) is 23.8. The summed E-state index contributed by atoms with van der Waals surface area (Å²) in [5.74, 6) is -1.64. The zero-order chi connectivity index (χ0) is 28.6. The standard InChI is InChI=1S/C29H33ClFN3O4S/c1-4-21(2)32-29(36)22(3)33(18-17-23-11-7-5-8-12-23)28(35)20-34(24-15-16-27(31)26(30)19-24)39(37,38)25-13-9-6-10-14-25/h5-16,19,21-22H,4,17-18,20H2,1-3H3,(H,32,36)/t21-,22-/m1/s1. The van der Waals surface area contributed by atoms with Crippen LogP contribution < -0.4 is 9.62 Å². The molecule has 0 radical (unpaired) electrons. The maximum atomic E-state index is 13.9. The van der Waals surface area contributed by atoms with E-state index < -0.39 is 34.3 Å².